The summed E-state index contributed by atoms with van der Waals surface area (Å²) in [6.45, 7) is 8.42. The normalized spacial score (nSPS) is 18.4. The standard InChI is InChI=1S/C35H36ClN5O4S2/c1-19-13-26(32-31(37-19)28(18-46-32)35(43)44)25-14-23(36)6-9-30(25)45-12-11-41-21(3)39-29-8-7-24(15-27(29)34(41)42)40-10-4-5-22(16-40)33-38-20(2)17-47-33/h6,9,13-14,17-18,22,24H,4-5,7-8,10-12,15-16H2,1-3H3,(H,43,44)/t22-,24-/m0/s1. The molecule has 1 N–H and O–H groups in total. The van der Waals surface area contributed by atoms with Gasteiger partial charge in [-0.25, -0.2) is 14.8 Å². The van der Waals surface area contributed by atoms with Crippen LogP contribution in [0.15, 0.2) is 39.8 Å². The van der Waals surface area contributed by atoms with Gasteiger partial charge in [0.15, 0.2) is 0 Å². The van der Waals surface area contributed by atoms with E-state index in [-0.39, 0.29) is 17.7 Å². The largest absolute Gasteiger partial charge is 0.491 e. The van der Waals surface area contributed by atoms with Gasteiger partial charge in [-0.3, -0.25) is 19.2 Å². The number of thiazole rings is 1. The number of rotatable bonds is 8. The number of pyridine rings is 1. The second kappa shape index (κ2) is 13.1. The SMILES string of the molecule is Cc1csc([C@H]2CCCN([C@H]3CCc4nc(C)n(CCOc5ccc(Cl)cc5-c5cc(C)nc6c(C(=O)O)csc56)c(=O)c4C3)C2)n1. The van der Waals surface area contributed by atoms with Gasteiger partial charge in [-0.2, -0.15) is 0 Å². The number of aryl methyl sites for hydroxylation is 4. The minimum Gasteiger partial charge on any atom is -0.491 e. The number of fused-ring (bicyclic) bond motifs is 2. The summed E-state index contributed by atoms with van der Waals surface area (Å²) in [6.07, 6.45) is 4.84. The predicted molar refractivity (Wildman–Crippen MR) is 187 cm³/mol. The number of carboxylic acids is 1. The Morgan fingerprint density at radius 1 is 1.06 bits per heavy atom. The van der Waals surface area contributed by atoms with Crippen LogP contribution >= 0.6 is 34.3 Å². The average molecular weight is 690 g/mol. The molecular formula is C35H36ClN5O4S2. The fourth-order valence-corrected chi connectivity index (χ4v) is 9.17. The number of benzene rings is 1. The van der Waals surface area contributed by atoms with Gasteiger partial charge in [0.2, 0.25) is 0 Å². The number of hydrogen-bond donors (Lipinski definition) is 1. The van der Waals surface area contributed by atoms with Crippen LogP contribution in [0.1, 0.15) is 69.0 Å². The Labute approximate surface area is 285 Å². The zero-order chi connectivity index (χ0) is 32.8. The summed E-state index contributed by atoms with van der Waals surface area (Å²) >= 11 is 9.54. The van der Waals surface area contributed by atoms with Gasteiger partial charge < -0.3 is 9.84 Å². The number of ether oxygens (including phenoxy) is 1. The lowest BCUT2D eigenvalue weighted by molar-refractivity contribution is 0.0699. The van der Waals surface area contributed by atoms with Gasteiger partial charge >= 0.3 is 5.97 Å². The first-order chi connectivity index (χ1) is 22.7. The maximum atomic E-state index is 13.9. The van der Waals surface area contributed by atoms with Gasteiger partial charge in [0.05, 0.1) is 33.0 Å². The van der Waals surface area contributed by atoms with Crippen molar-refractivity contribution in [2.75, 3.05) is 19.7 Å². The van der Waals surface area contributed by atoms with Gasteiger partial charge in [0, 0.05) is 62.4 Å². The molecule has 0 radical (unpaired) electrons. The summed E-state index contributed by atoms with van der Waals surface area (Å²) in [5, 5.41) is 15.2. The quantitative estimate of drug-likeness (QED) is 0.184. The molecular weight excluding hydrogens is 654 g/mol. The highest BCUT2D eigenvalue weighted by Gasteiger charge is 2.32. The van der Waals surface area contributed by atoms with Crippen molar-refractivity contribution < 1.29 is 14.6 Å². The number of thiophene rings is 1. The highest BCUT2D eigenvalue weighted by Crippen LogP contribution is 2.40. The van der Waals surface area contributed by atoms with Crippen molar-refractivity contribution in [2.24, 2.45) is 0 Å². The Kier molecular flexibility index (Phi) is 8.90. The number of aromatic nitrogens is 4. The van der Waals surface area contributed by atoms with Crippen molar-refractivity contribution in [3.8, 4) is 16.9 Å². The van der Waals surface area contributed by atoms with Crippen molar-refractivity contribution in [1.82, 2.24) is 24.4 Å². The zero-order valence-corrected chi connectivity index (χ0v) is 29.0. The Balaban J connectivity index is 1.10. The zero-order valence-electron chi connectivity index (χ0n) is 26.6. The molecule has 7 rings (SSSR count). The molecule has 1 saturated heterocycles. The lowest BCUT2D eigenvalue weighted by Gasteiger charge is -2.39. The van der Waals surface area contributed by atoms with Crippen molar-refractivity contribution in [2.45, 2.75) is 71.4 Å². The molecule has 1 fully saturated rings. The number of carbonyl (C=O) groups is 1. The third kappa shape index (κ3) is 6.34. The van der Waals surface area contributed by atoms with E-state index in [4.69, 9.17) is 26.3 Å². The topological polar surface area (TPSA) is 110 Å². The molecule has 12 heteroatoms. The summed E-state index contributed by atoms with van der Waals surface area (Å²) in [4.78, 5) is 42.5. The molecule has 1 aliphatic carbocycles. The maximum absolute atomic E-state index is 13.9. The third-order valence-electron chi connectivity index (χ3n) is 9.33. The number of likely N-dealkylation sites (tertiary alicyclic amines) is 1. The lowest BCUT2D eigenvalue weighted by atomic mass is 9.88. The van der Waals surface area contributed by atoms with Crippen LogP contribution in [0.25, 0.3) is 21.3 Å². The molecule has 5 heterocycles. The van der Waals surface area contributed by atoms with E-state index in [0.29, 0.717) is 52.7 Å². The van der Waals surface area contributed by atoms with E-state index in [1.807, 2.05) is 32.0 Å². The minimum atomic E-state index is -1.01. The van der Waals surface area contributed by atoms with Crippen LogP contribution in [0.4, 0.5) is 0 Å². The molecule has 9 nitrogen and oxygen atoms in total. The number of halogens is 1. The molecule has 47 heavy (non-hydrogen) atoms. The van der Waals surface area contributed by atoms with Gasteiger partial charge in [-0.1, -0.05) is 11.6 Å². The highest BCUT2D eigenvalue weighted by molar-refractivity contribution is 7.18. The van der Waals surface area contributed by atoms with Crippen molar-refractivity contribution in [1.29, 1.82) is 0 Å². The van der Waals surface area contributed by atoms with Gasteiger partial charge in [0.25, 0.3) is 5.56 Å². The molecule has 244 valence electrons. The van der Waals surface area contributed by atoms with E-state index < -0.39 is 5.97 Å². The molecule has 1 aliphatic heterocycles. The molecule has 0 saturated carbocycles. The van der Waals surface area contributed by atoms with Crippen LogP contribution < -0.4 is 10.3 Å². The number of hydrogen-bond acceptors (Lipinski definition) is 9. The number of aromatic carboxylic acids is 1. The predicted octanol–water partition coefficient (Wildman–Crippen LogP) is 7.07. The Bertz CT molecular complexity index is 2050. The van der Waals surface area contributed by atoms with Crippen LogP contribution in [0, 0.1) is 20.8 Å². The monoisotopic (exact) mass is 689 g/mol. The number of carboxylic acid groups (broad SMARTS) is 1. The van der Waals surface area contributed by atoms with E-state index in [2.05, 4.69) is 22.2 Å². The summed E-state index contributed by atoms with van der Waals surface area (Å²) < 4.78 is 8.82. The summed E-state index contributed by atoms with van der Waals surface area (Å²) in [7, 11) is 0. The molecule has 2 aliphatic rings. The molecule has 0 bridgehead atoms. The molecule has 0 unspecified atom stereocenters. The number of piperidine rings is 1. The molecule has 1 aromatic carbocycles. The molecule has 0 spiro atoms. The molecule has 2 atom stereocenters. The smallest absolute Gasteiger partial charge is 0.338 e. The minimum absolute atomic E-state index is 0.0208. The molecule has 4 aromatic heterocycles. The van der Waals surface area contributed by atoms with Gasteiger partial charge in [-0.15, -0.1) is 22.7 Å². The van der Waals surface area contributed by atoms with Crippen LogP contribution in [-0.2, 0) is 19.4 Å². The van der Waals surface area contributed by atoms with Crippen molar-refractivity contribution in [3.05, 3.63) is 89.4 Å². The van der Waals surface area contributed by atoms with E-state index in [1.54, 1.807) is 27.4 Å². The van der Waals surface area contributed by atoms with Crippen LogP contribution in [0.5, 0.6) is 5.75 Å². The van der Waals surface area contributed by atoms with Crippen LogP contribution in [0.2, 0.25) is 5.02 Å². The van der Waals surface area contributed by atoms with Gasteiger partial charge in [-0.05, 0) is 83.7 Å². The molecule has 5 aromatic rings. The fourth-order valence-electron chi connectivity index (χ4n) is 7.06. The maximum Gasteiger partial charge on any atom is 0.338 e. The van der Waals surface area contributed by atoms with Crippen molar-refractivity contribution >= 4 is 50.5 Å². The first kappa shape index (κ1) is 31.9. The van der Waals surface area contributed by atoms with Gasteiger partial charge in [0.1, 0.15) is 18.2 Å². The average Bonchev–Trinajstić information content (AvgIpc) is 3.69. The summed E-state index contributed by atoms with van der Waals surface area (Å²) in [5.74, 6) is 0.728. The van der Waals surface area contributed by atoms with E-state index in [9.17, 15) is 14.7 Å². The van der Waals surface area contributed by atoms with Crippen LogP contribution in [-0.4, -0.2) is 61.2 Å². The Morgan fingerprint density at radius 3 is 2.70 bits per heavy atom. The second-order valence-corrected chi connectivity index (χ2v) is 14.7. The summed E-state index contributed by atoms with van der Waals surface area (Å²) in [5.41, 5.74) is 5.73. The lowest BCUT2D eigenvalue weighted by Crippen LogP contribution is -2.46. The molecule has 0 amide bonds. The Hall–Kier alpha value is -3.64. The van der Waals surface area contributed by atoms with E-state index in [1.165, 1.54) is 16.3 Å². The second-order valence-electron chi connectivity index (χ2n) is 12.5. The third-order valence-corrected chi connectivity index (χ3v) is 11.7. The first-order valence-corrected chi connectivity index (χ1v) is 18.1. The van der Waals surface area contributed by atoms with E-state index in [0.717, 1.165) is 71.6 Å². The number of nitrogens with zero attached hydrogens (tertiary/aromatic N) is 5. The summed E-state index contributed by atoms with van der Waals surface area (Å²) in [6, 6.07) is 7.65. The van der Waals surface area contributed by atoms with Crippen molar-refractivity contribution in [3.63, 3.8) is 0 Å². The Morgan fingerprint density at radius 2 is 1.91 bits per heavy atom. The van der Waals surface area contributed by atoms with Crippen LogP contribution in [0.3, 0.4) is 0 Å². The highest BCUT2D eigenvalue weighted by atomic mass is 35.5. The fraction of sp³-hybridized carbons (Fsp3) is 0.400. The van der Waals surface area contributed by atoms with E-state index >= 15 is 0 Å². The first-order valence-electron chi connectivity index (χ1n) is 16.0.